The Kier molecular flexibility index (Phi) is 4.80. The summed E-state index contributed by atoms with van der Waals surface area (Å²) in [5.41, 5.74) is -0.926. The lowest BCUT2D eigenvalue weighted by atomic mass is 9.93. The Labute approximate surface area is 125 Å². The minimum atomic E-state index is -3.86. The average Bonchev–Trinajstić information content (AvgIpc) is 2.38. The molecule has 1 aromatic carbocycles. The first-order valence-corrected chi connectivity index (χ1v) is 8.34. The summed E-state index contributed by atoms with van der Waals surface area (Å²) in [6.07, 6.45) is 0.781. The van der Waals surface area contributed by atoms with Crippen molar-refractivity contribution in [3.05, 3.63) is 28.5 Å². The first kappa shape index (κ1) is 15.8. The number of hydrogen-bond acceptors (Lipinski definition) is 4. The quantitative estimate of drug-likeness (QED) is 0.843. The molecule has 112 valence electrons. The van der Waals surface area contributed by atoms with Crippen molar-refractivity contribution in [3.63, 3.8) is 0 Å². The number of benzene rings is 1. The third-order valence-corrected chi connectivity index (χ3v) is 5.84. The van der Waals surface area contributed by atoms with E-state index in [9.17, 15) is 17.9 Å². The maximum atomic E-state index is 13.0. The smallest absolute Gasteiger partial charge is 0.242 e. The van der Waals surface area contributed by atoms with Crippen LogP contribution in [0.1, 0.15) is 12.8 Å². The van der Waals surface area contributed by atoms with E-state index in [4.69, 9.17) is 4.74 Å². The van der Waals surface area contributed by atoms with E-state index >= 15 is 0 Å². The molecule has 0 unspecified atom stereocenters. The molecule has 0 spiro atoms. The van der Waals surface area contributed by atoms with E-state index in [0.717, 1.165) is 12.1 Å². The fraction of sp³-hybridized carbons (Fsp3) is 0.500. The summed E-state index contributed by atoms with van der Waals surface area (Å²) in [5.74, 6) is -0.529. The normalized spacial score (nSPS) is 18.9. The molecule has 8 heteroatoms. The third kappa shape index (κ3) is 3.37. The van der Waals surface area contributed by atoms with Crippen LogP contribution in [0, 0.1) is 5.82 Å². The minimum absolute atomic E-state index is 0.0572. The zero-order valence-electron chi connectivity index (χ0n) is 10.6. The third-order valence-electron chi connectivity index (χ3n) is 3.29. The van der Waals surface area contributed by atoms with Gasteiger partial charge in [0.2, 0.25) is 10.0 Å². The van der Waals surface area contributed by atoms with Gasteiger partial charge in [0.05, 0.1) is 17.0 Å². The van der Waals surface area contributed by atoms with Crippen LogP contribution in [0.15, 0.2) is 27.6 Å². The molecule has 20 heavy (non-hydrogen) atoms. The Balaban J connectivity index is 2.30. The Bertz CT molecular complexity index is 587. The van der Waals surface area contributed by atoms with Gasteiger partial charge in [0.1, 0.15) is 5.82 Å². The lowest BCUT2D eigenvalue weighted by Gasteiger charge is -2.35. The van der Waals surface area contributed by atoms with Crippen molar-refractivity contribution in [2.75, 3.05) is 19.8 Å². The van der Waals surface area contributed by atoms with Crippen molar-refractivity contribution in [2.24, 2.45) is 0 Å². The highest BCUT2D eigenvalue weighted by Gasteiger charge is 2.37. The van der Waals surface area contributed by atoms with Crippen LogP contribution < -0.4 is 4.72 Å². The topological polar surface area (TPSA) is 75.6 Å². The van der Waals surface area contributed by atoms with Gasteiger partial charge in [0.25, 0.3) is 0 Å². The van der Waals surface area contributed by atoms with E-state index in [1.807, 2.05) is 0 Å². The summed E-state index contributed by atoms with van der Waals surface area (Å²) in [6.45, 7) is 0.454. The molecule has 0 aliphatic carbocycles. The zero-order valence-corrected chi connectivity index (χ0v) is 13.0. The standard InChI is InChI=1S/C12H15BrFNO4S/c13-10-7-9(14)1-2-11(10)20(17,18)15-12(8-16)3-5-19-6-4-12/h1-2,7,15-16H,3-6,8H2. The summed E-state index contributed by atoms with van der Waals surface area (Å²) in [4.78, 5) is -0.0572. The van der Waals surface area contributed by atoms with E-state index in [0.29, 0.717) is 26.1 Å². The number of sulfonamides is 1. The average molecular weight is 368 g/mol. The van der Waals surface area contributed by atoms with E-state index < -0.39 is 21.4 Å². The molecule has 1 fully saturated rings. The predicted molar refractivity (Wildman–Crippen MR) is 74.3 cm³/mol. The molecule has 2 N–H and O–H groups in total. The summed E-state index contributed by atoms with van der Waals surface area (Å²) in [6, 6.07) is 3.35. The summed E-state index contributed by atoms with van der Waals surface area (Å²) >= 11 is 3.04. The lowest BCUT2D eigenvalue weighted by molar-refractivity contribution is 0.0223. The van der Waals surface area contributed by atoms with Crippen molar-refractivity contribution in [1.29, 1.82) is 0 Å². The van der Waals surface area contributed by atoms with Crippen molar-refractivity contribution < 1.29 is 22.7 Å². The fourth-order valence-corrected chi connectivity index (χ4v) is 4.59. The largest absolute Gasteiger partial charge is 0.394 e. The van der Waals surface area contributed by atoms with Gasteiger partial charge in [-0.25, -0.2) is 17.5 Å². The summed E-state index contributed by atoms with van der Waals surface area (Å²) < 4.78 is 45.6. The van der Waals surface area contributed by atoms with Gasteiger partial charge >= 0.3 is 0 Å². The molecule has 5 nitrogen and oxygen atoms in total. The van der Waals surface area contributed by atoms with Crippen LogP contribution >= 0.6 is 15.9 Å². The van der Waals surface area contributed by atoms with Crippen LogP contribution in [0.5, 0.6) is 0 Å². The number of hydrogen-bond donors (Lipinski definition) is 2. The molecule has 0 atom stereocenters. The highest BCUT2D eigenvalue weighted by Crippen LogP contribution is 2.27. The molecular formula is C12H15BrFNO4S. The van der Waals surface area contributed by atoms with Crippen molar-refractivity contribution in [2.45, 2.75) is 23.3 Å². The van der Waals surface area contributed by atoms with Gasteiger partial charge in [-0.2, -0.15) is 0 Å². The van der Waals surface area contributed by atoms with Crippen LogP contribution in [0.2, 0.25) is 0 Å². The Hall–Kier alpha value is -0.540. The Morgan fingerprint density at radius 3 is 2.60 bits per heavy atom. The Morgan fingerprint density at radius 1 is 1.40 bits per heavy atom. The maximum absolute atomic E-state index is 13.0. The van der Waals surface area contributed by atoms with E-state index in [2.05, 4.69) is 20.7 Å². The molecule has 0 saturated carbocycles. The highest BCUT2D eigenvalue weighted by atomic mass is 79.9. The number of ether oxygens (including phenoxy) is 1. The second kappa shape index (κ2) is 6.07. The monoisotopic (exact) mass is 367 g/mol. The molecule has 1 aliphatic rings. The lowest BCUT2D eigenvalue weighted by Crippen LogP contribution is -2.54. The molecule has 2 rings (SSSR count). The summed E-state index contributed by atoms with van der Waals surface area (Å²) in [5, 5.41) is 9.51. The van der Waals surface area contributed by atoms with Gasteiger partial charge < -0.3 is 9.84 Å². The minimum Gasteiger partial charge on any atom is -0.394 e. The molecule has 0 aromatic heterocycles. The molecule has 0 radical (unpaired) electrons. The van der Waals surface area contributed by atoms with Crippen molar-refractivity contribution in [1.82, 2.24) is 4.72 Å². The number of nitrogens with one attached hydrogen (secondary N) is 1. The second-order valence-corrected chi connectivity index (χ2v) is 7.24. The van der Waals surface area contributed by atoms with E-state index in [1.165, 1.54) is 6.07 Å². The van der Waals surface area contributed by atoms with Gasteiger partial charge in [-0.15, -0.1) is 0 Å². The van der Waals surface area contributed by atoms with Crippen molar-refractivity contribution >= 4 is 26.0 Å². The van der Waals surface area contributed by atoms with Gasteiger partial charge in [-0.3, -0.25) is 0 Å². The molecule has 1 aromatic rings. The predicted octanol–water partition coefficient (Wildman–Crippen LogP) is 1.41. The van der Waals surface area contributed by atoms with Gasteiger partial charge in [-0.05, 0) is 47.0 Å². The number of aliphatic hydroxyl groups excluding tert-OH is 1. The summed E-state index contributed by atoms with van der Waals surface area (Å²) in [7, 11) is -3.86. The first-order valence-electron chi connectivity index (χ1n) is 6.06. The number of halogens is 2. The molecule has 1 aliphatic heterocycles. The van der Waals surface area contributed by atoms with E-state index in [1.54, 1.807) is 0 Å². The van der Waals surface area contributed by atoms with Crippen LogP contribution in [-0.4, -0.2) is 38.9 Å². The second-order valence-electron chi connectivity index (χ2n) is 4.73. The molecule has 0 bridgehead atoms. The van der Waals surface area contributed by atoms with Gasteiger partial charge in [0.15, 0.2) is 0 Å². The van der Waals surface area contributed by atoms with Crippen molar-refractivity contribution in [3.8, 4) is 0 Å². The molecule has 1 saturated heterocycles. The molecule has 0 amide bonds. The number of aliphatic hydroxyl groups is 1. The molecule has 1 heterocycles. The number of rotatable bonds is 4. The van der Waals surface area contributed by atoms with Gasteiger partial charge in [0, 0.05) is 17.7 Å². The van der Waals surface area contributed by atoms with E-state index in [-0.39, 0.29) is 16.0 Å². The molecular weight excluding hydrogens is 353 g/mol. The fourth-order valence-electron chi connectivity index (χ4n) is 2.09. The SMILES string of the molecule is O=S(=O)(NC1(CO)CCOCC1)c1ccc(F)cc1Br. The van der Waals surface area contributed by atoms with Crippen LogP contribution in [0.4, 0.5) is 4.39 Å². The Morgan fingerprint density at radius 2 is 2.05 bits per heavy atom. The van der Waals surface area contributed by atoms with Crippen LogP contribution in [0.25, 0.3) is 0 Å². The highest BCUT2D eigenvalue weighted by molar-refractivity contribution is 9.10. The zero-order chi connectivity index (χ0) is 14.8. The van der Waals surface area contributed by atoms with Crippen LogP contribution in [-0.2, 0) is 14.8 Å². The maximum Gasteiger partial charge on any atom is 0.242 e. The van der Waals surface area contributed by atoms with Crippen LogP contribution in [0.3, 0.4) is 0 Å². The first-order chi connectivity index (χ1) is 9.38. The van der Waals surface area contributed by atoms with Gasteiger partial charge in [-0.1, -0.05) is 0 Å².